The van der Waals surface area contributed by atoms with Gasteiger partial charge in [-0.2, -0.15) is 0 Å². The minimum absolute atomic E-state index is 0.0169. The highest BCUT2D eigenvalue weighted by Gasteiger charge is 2.58. The number of anilines is 1. The van der Waals surface area contributed by atoms with Gasteiger partial charge in [-0.05, 0) is 47.6 Å². The Balaban J connectivity index is 1.68. The van der Waals surface area contributed by atoms with Crippen molar-refractivity contribution in [2.24, 2.45) is 5.41 Å². The third kappa shape index (κ3) is 3.85. The molecule has 2 aliphatic rings. The van der Waals surface area contributed by atoms with E-state index < -0.39 is 0 Å². The first-order valence-electron chi connectivity index (χ1n) is 11.7. The normalized spacial score (nSPS) is 24.6. The minimum Gasteiger partial charge on any atom is -0.364 e. The Hall–Kier alpha value is -2.37. The lowest BCUT2D eigenvalue weighted by atomic mass is 9.64. The maximum atomic E-state index is 15.4. The number of benzene rings is 2. The molecule has 0 amide bonds. The predicted molar refractivity (Wildman–Crippen MR) is 133 cm³/mol. The average Bonchev–Trinajstić information content (AvgIpc) is 3.45. The van der Waals surface area contributed by atoms with Crippen LogP contribution in [0.25, 0.3) is 0 Å². The molecule has 1 saturated heterocycles. The van der Waals surface area contributed by atoms with Gasteiger partial charge in [0.1, 0.15) is 5.82 Å². The first-order chi connectivity index (χ1) is 15.7. The van der Waals surface area contributed by atoms with Gasteiger partial charge in [0, 0.05) is 42.3 Å². The van der Waals surface area contributed by atoms with Gasteiger partial charge in [0.05, 0.1) is 23.6 Å². The van der Waals surface area contributed by atoms with Crippen molar-refractivity contribution in [3.05, 3.63) is 82.1 Å². The first kappa shape index (κ1) is 22.4. The van der Waals surface area contributed by atoms with Crippen LogP contribution in [0.15, 0.2) is 48.9 Å². The molecular weight excluding hydrogens is 435 g/mol. The highest BCUT2D eigenvalue weighted by molar-refractivity contribution is 6.30. The van der Waals surface area contributed by atoms with E-state index in [1.807, 2.05) is 18.3 Å². The van der Waals surface area contributed by atoms with Gasteiger partial charge < -0.3 is 15.2 Å². The number of hydrogen-bond donors (Lipinski definition) is 2. The van der Waals surface area contributed by atoms with E-state index in [9.17, 15) is 0 Å². The van der Waals surface area contributed by atoms with Crippen molar-refractivity contribution in [2.75, 3.05) is 18.0 Å². The summed E-state index contributed by atoms with van der Waals surface area (Å²) < 4.78 is 15.4. The van der Waals surface area contributed by atoms with E-state index in [-0.39, 0.29) is 33.6 Å². The van der Waals surface area contributed by atoms with Crippen LogP contribution in [-0.4, -0.2) is 29.1 Å². The lowest BCUT2D eigenvalue weighted by Gasteiger charge is -2.40. The fourth-order valence-electron chi connectivity index (χ4n) is 6.01. The Morgan fingerprint density at radius 2 is 2.06 bits per heavy atom. The highest BCUT2D eigenvalue weighted by atomic mass is 35.5. The van der Waals surface area contributed by atoms with Gasteiger partial charge in [0.25, 0.3) is 0 Å². The summed E-state index contributed by atoms with van der Waals surface area (Å²) in [6.45, 7) is 11.3. The van der Waals surface area contributed by atoms with Crippen LogP contribution in [0.2, 0.25) is 5.02 Å². The molecule has 0 unspecified atom stereocenters. The number of nitrogens with zero attached hydrogens (tertiary/aromatic N) is 2. The van der Waals surface area contributed by atoms with Crippen molar-refractivity contribution < 1.29 is 4.39 Å². The summed E-state index contributed by atoms with van der Waals surface area (Å²) in [5.74, 6) is -0.306. The van der Waals surface area contributed by atoms with Crippen LogP contribution in [0, 0.1) is 18.2 Å². The lowest BCUT2D eigenvalue weighted by Crippen LogP contribution is -2.48. The first-order valence-corrected chi connectivity index (χ1v) is 12.1. The predicted octanol–water partition coefficient (Wildman–Crippen LogP) is 5.96. The van der Waals surface area contributed by atoms with Crippen LogP contribution in [0.3, 0.4) is 0 Å². The molecule has 3 heterocycles. The van der Waals surface area contributed by atoms with E-state index in [0.717, 1.165) is 31.7 Å². The summed E-state index contributed by atoms with van der Waals surface area (Å²) in [6, 6.07) is 12.4. The molecule has 33 heavy (non-hydrogen) atoms. The molecule has 2 aliphatic heterocycles. The number of aromatic nitrogens is 2. The second-order valence-electron chi connectivity index (χ2n) is 10.9. The van der Waals surface area contributed by atoms with Crippen LogP contribution in [0.1, 0.15) is 55.5 Å². The standard InChI is InChI=1S/C27H32ClFN4/c1-17-8-9-20-23(10-17)33(14-18-12-30-16-32-18)15-27(20)21(13-31-24(27)11-26(2,3)4)19-6-5-7-22(28)25(19)29/h5-10,12,16,21,24,31H,11,13-15H2,1-4H3,(H,30,32)/t21-,24+,27-/m1/s1. The van der Waals surface area contributed by atoms with Gasteiger partial charge in [-0.15, -0.1) is 0 Å². The van der Waals surface area contributed by atoms with Crippen LogP contribution >= 0.6 is 11.6 Å². The Morgan fingerprint density at radius 1 is 1.24 bits per heavy atom. The summed E-state index contributed by atoms with van der Waals surface area (Å²) in [5, 5.41) is 4.01. The monoisotopic (exact) mass is 466 g/mol. The molecule has 174 valence electrons. The molecule has 6 heteroatoms. The quantitative estimate of drug-likeness (QED) is 0.498. The topological polar surface area (TPSA) is 44.0 Å². The molecule has 0 bridgehead atoms. The van der Waals surface area contributed by atoms with Crippen LogP contribution in [0.5, 0.6) is 0 Å². The number of hydrogen-bond acceptors (Lipinski definition) is 3. The molecule has 2 aromatic carbocycles. The largest absolute Gasteiger partial charge is 0.364 e. The van der Waals surface area contributed by atoms with Gasteiger partial charge in [-0.1, -0.05) is 56.6 Å². The third-order valence-electron chi connectivity index (χ3n) is 7.35. The van der Waals surface area contributed by atoms with Crippen molar-refractivity contribution in [3.63, 3.8) is 0 Å². The van der Waals surface area contributed by atoms with Gasteiger partial charge in [0.15, 0.2) is 0 Å². The number of aryl methyl sites for hydroxylation is 1. The molecule has 1 spiro atoms. The number of rotatable bonds is 4. The van der Waals surface area contributed by atoms with E-state index in [2.05, 4.69) is 66.1 Å². The van der Waals surface area contributed by atoms with E-state index in [0.29, 0.717) is 5.56 Å². The Morgan fingerprint density at radius 3 is 2.79 bits per heavy atom. The summed E-state index contributed by atoms with van der Waals surface area (Å²) in [5.41, 5.74) is 5.42. The number of aromatic amines is 1. The van der Waals surface area contributed by atoms with E-state index in [1.165, 1.54) is 16.8 Å². The smallest absolute Gasteiger partial charge is 0.145 e. The van der Waals surface area contributed by atoms with Crippen molar-refractivity contribution in [2.45, 2.75) is 58.0 Å². The zero-order valence-electron chi connectivity index (χ0n) is 19.8. The average molecular weight is 467 g/mol. The molecule has 4 nitrogen and oxygen atoms in total. The summed E-state index contributed by atoms with van der Waals surface area (Å²) in [7, 11) is 0. The zero-order chi connectivity index (χ0) is 23.4. The number of fused-ring (bicyclic) bond motifs is 2. The molecule has 2 N–H and O–H groups in total. The van der Waals surface area contributed by atoms with E-state index in [4.69, 9.17) is 11.6 Å². The Labute approximate surface area is 200 Å². The second-order valence-corrected chi connectivity index (χ2v) is 11.3. The number of H-pyrrole nitrogens is 1. The van der Waals surface area contributed by atoms with Gasteiger partial charge >= 0.3 is 0 Å². The van der Waals surface area contributed by atoms with Crippen molar-refractivity contribution in [3.8, 4) is 0 Å². The molecule has 3 aromatic rings. The SMILES string of the molecule is Cc1ccc2c(c1)N(Cc1cnc[nH]1)C[C@@]21[C@H](CC(C)(C)C)NC[C@@H]1c1cccc(Cl)c1F. The fourth-order valence-corrected chi connectivity index (χ4v) is 6.19. The number of halogens is 2. The number of imidazole rings is 1. The van der Waals surface area contributed by atoms with Crippen LogP contribution < -0.4 is 10.2 Å². The third-order valence-corrected chi connectivity index (χ3v) is 7.64. The van der Waals surface area contributed by atoms with E-state index >= 15 is 4.39 Å². The Kier molecular flexibility index (Phi) is 5.53. The molecule has 0 aliphatic carbocycles. The second kappa shape index (κ2) is 8.14. The Bertz CT molecular complexity index is 1150. The van der Waals surface area contributed by atoms with Gasteiger partial charge in [-0.3, -0.25) is 0 Å². The van der Waals surface area contributed by atoms with Gasteiger partial charge in [-0.25, -0.2) is 9.37 Å². The lowest BCUT2D eigenvalue weighted by molar-refractivity contribution is 0.255. The highest BCUT2D eigenvalue weighted by Crippen LogP contribution is 2.56. The minimum atomic E-state index is -0.289. The zero-order valence-corrected chi connectivity index (χ0v) is 20.5. The van der Waals surface area contributed by atoms with Gasteiger partial charge in [0.2, 0.25) is 0 Å². The molecule has 5 rings (SSSR count). The van der Waals surface area contributed by atoms with Crippen LogP contribution in [-0.2, 0) is 12.0 Å². The van der Waals surface area contributed by atoms with Crippen LogP contribution in [0.4, 0.5) is 10.1 Å². The number of nitrogens with one attached hydrogen (secondary N) is 2. The molecule has 3 atom stereocenters. The molecule has 1 aromatic heterocycles. The maximum absolute atomic E-state index is 15.4. The van der Waals surface area contributed by atoms with Crippen molar-refractivity contribution >= 4 is 17.3 Å². The maximum Gasteiger partial charge on any atom is 0.145 e. The fraction of sp³-hybridized carbons (Fsp3) is 0.444. The van der Waals surface area contributed by atoms with E-state index in [1.54, 1.807) is 12.4 Å². The summed E-state index contributed by atoms with van der Waals surface area (Å²) in [6.07, 6.45) is 4.60. The van der Waals surface area contributed by atoms with Crippen molar-refractivity contribution in [1.82, 2.24) is 15.3 Å². The van der Waals surface area contributed by atoms with Crippen molar-refractivity contribution in [1.29, 1.82) is 0 Å². The molecule has 1 fully saturated rings. The molecule has 0 saturated carbocycles. The molecule has 0 radical (unpaired) electrons. The summed E-state index contributed by atoms with van der Waals surface area (Å²) >= 11 is 6.26. The summed E-state index contributed by atoms with van der Waals surface area (Å²) in [4.78, 5) is 9.91. The molecular formula is C27H32ClFN4.